The predicted molar refractivity (Wildman–Crippen MR) is 124 cm³/mol. The van der Waals surface area contributed by atoms with Crippen LogP contribution in [0.25, 0.3) is 16.3 Å². The summed E-state index contributed by atoms with van der Waals surface area (Å²) in [6.45, 7) is 4.34. The number of nitrogens with two attached hydrogens (primary N) is 1. The average Bonchev–Trinajstić information content (AvgIpc) is 2.90. The van der Waals surface area contributed by atoms with Crippen molar-refractivity contribution in [1.82, 2.24) is 4.98 Å². The van der Waals surface area contributed by atoms with Crippen molar-refractivity contribution in [2.75, 3.05) is 5.73 Å². The van der Waals surface area contributed by atoms with Crippen molar-refractivity contribution in [3.05, 3.63) is 84.7 Å². The van der Waals surface area contributed by atoms with Gasteiger partial charge in [0.25, 0.3) is 0 Å². The first-order valence-corrected chi connectivity index (χ1v) is 9.85. The van der Waals surface area contributed by atoms with E-state index >= 15 is 0 Å². The van der Waals surface area contributed by atoms with Crippen molar-refractivity contribution in [3.8, 4) is 0 Å². The molecule has 1 heterocycles. The normalized spacial score (nSPS) is 15.6. The largest absolute Gasteiger partial charge is 0.396 e. The lowest BCUT2D eigenvalue weighted by molar-refractivity contribution is 0.627. The van der Waals surface area contributed by atoms with E-state index in [-0.39, 0.29) is 5.41 Å². The van der Waals surface area contributed by atoms with Gasteiger partial charge in [0.1, 0.15) is 11.4 Å². The van der Waals surface area contributed by atoms with Gasteiger partial charge in [0, 0.05) is 15.7 Å². The van der Waals surface area contributed by atoms with Gasteiger partial charge >= 0.3 is 0 Å². The zero-order valence-corrected chi connectivity index (χ0v) is 17.3. The monoisotopic (exact) mass is 398 g/mol. The molecule has 0 fully saturated rings. The minimum absolute atomic E-state index is 0.0397. The highest BCUT2D eigenvalue weighted by molar-refractivity contribution is 7.80. The maximum Gasteiger partial charge on any atom is 0.110 e. The first kappa shape index (κ1) is 19.2. The summed E-state index contributed by atoms with van der Waals surface area (Å²) in [6.07, 6.45) is 12.3. The molecule has 0 spiro atoms. The van der Waals surface area contributed by atoms with E-state index in [0.717, 1.165) is 26.9 Å². The van der Waals surface area contributed by atoms with Crippen LogP contribution in [0.1, 0.15) is 19.5 Å². The third kappa shape index (κ3) is 4.15. The van der Waals surface area contributed by atoms with Crippen LogP contribution in [-0.4, -0.2) is 4.98 Å². The Hall–Kier alpha value is -3.18. The fourth-order valence-electron chi connectivity index (χ4n) is 3.16. The number of hydrogen-bond acceptors (Lipinski definition) is 5. The molecule has 0 bridgehead atoms. The van der Waals surface area contributed by atoms with Crippen molar-refractivity contribution in [1.29, 1.82) is 0 Å². The number of nitrogens with zero attached hydrogens (tertiary/aromatic N) is 3. The fraction of sp³-hybridized carbons (Fsp3) is 0.125. The number of allylic oxidation sites excluding steroid dienone is 6. The Morgan fingerprint density at radius 1 is 1.00 bits per heavy atom. The number of thiol groups is 1. The Morgan fingerprint density at radius 3 is 2.55 bits per heavy atom. The summed E-state index contributed by atoms with van der Waals surface area (Å²) in [5.41, 5.74) is 10.1. The first-order chi connectivity index (χ1) is 13.9. The van der Waals surface area contributed by atoms with Crippen LogP contribution in [0.3, 0.4) is 0 Å². The Kier molecular flexibility index (Phi) is 5.07. The molecule has 0 aliphatic heterocycles. The molecule has 2 N–H and O–H groups in total. The van der Waals surface area contributed by atoms with E-state index in [1.54, 1.807) is 6.20 Å². The highest BCUT2D eigenvalue weighted by atomic mass is 32.1. The number of benzene rings is 2. The third-order valence-electron chi connectivity index (χ3n) is 4.85. The van der Waals surface area contributed by atoms with E-state index in [4.69, 9.17) is 5.73 Å². The highest BCUT2D eigenvalue weighted by Crippen LogP contribution is 2.36. The maximum atomic E-state index is 6.29. The summed E-state index contributed by atoms with van der Waals surface area (Å²) >= 11 is 4.55. The number of pyridine rings is 1. The Balaban J connectivity index is 1.59. The van der Waals surface area contributed by atoms with Crippen LogP contribution < -0.4 is 5.73 Å². The number of hydrogen-bond donors (Lipinski definition) is 2. The molecule has 2 aromatic carbocycles. The van der Waals surface area contributed by atoms with Gasteiger partial charge in [-0.1, -0.05) is 68.5 Å². The molecule has 1 aliphatic rings. The van der Waals surface area contributed by atoms with Crippen molar-refractivity contribution in [2.24, 2.45) is 15.6 Å². The zero-order valence-electron chi connectivity index (χ0n) is 16.4. The topological polar surface area (TPSA) is 63.6 Å². The second kappa shape index (κ2) is 7.68. The van der Waals surface area contributed by atoms with E-state index in [1.807, 2.05) is 42.5 Å². The van der Waals surface area contributed by atoms with Crippen LogP contribution in [0.15, 0.2) is 94.2 Å². The maximum absolute atomic E-state index is 6.29. The molecule has 4 rings (SSSR count). The molecule has 0 unspecified atom stereocenters. The van der Waals surface area contributed by atoms with Gasteiger partial charge in [-0.05, 0) is 29.2 Å². The van der Waals surface area contributed by atoms with Crippen LogP contribution in [0.5, 0.6) is 0 Å². The summed E-state index contributed by atoms with van der Waals surface area (Å²) < 4.78 is 0. The van der Waals surface area contributed by atoms with Gasteiger partial charge in [0.15, 0.2) is 0 Å². The average molecular weight is 399 g/mol. The van der Waals surface area contributed by atoms with Crippen LogP contribution >= 0.6 is 12.6 Å². The molecule has 29 heavy (non-hydrogen) atoms. The number of nitrogen functional groups attached to an aromatic ring is 1. The molecule has 0 saturated heterocycles. The van der Waals surface area contributed by atoms with E-state index in [1.165, 1.54) is 0 Å². The SMILES string of the molecule is CC1(C)C=CC=C(c2ccc(/N=N/c3cc(S)c4ccccc4c3N)cn2)C=C1. The van der Waals surface area contributed by atoms with Crippen molar-refractivity contribution in [3.63, 3.8) is 0 Å². The van der Waals surface area contributed by atoms with Crippen molar-refractivity contribution >= 4 is 46.0 Å². The van der Waals surface area contributed by atoms with Crippen LogP contribution in [-0.2, 0) is 0 Å². The molecule has 144 valence electrons. The number of aromatic nitrogens is 1. The Bertz CT molecular complexity index is 1190. The molecule has 0 amide bonds. The molecule has 5 heteroatoms. The van der Waals surface area contributed by atoms with Crippen LogP contribution in [0, 0.1) is 5.41 Å². The van der Waals surface area contributed by atoms with E-state index < -0.39 is 0 Å². The van der Waals surface area contributed by atoms with E-state index in [0.29, 0.717) is 17.1 Å². The van der Waals surface area contributed by atoms with E-state index in [9.17, 15) is 0 Å². The minimum atomic E-state index is 0.0397. The molecule has 0 saturated carbocycles. The molecule has 3 aromatic rings. The molecular weight excluding hydrogens is 376 g/mol. The molecule has 4 nitrogen and oxygen atoms in total. The number of rotatable bonds is 3. The number of anilines is 1. The first-order valence-electron chi connectivity index (χ1n) is 9.40. The molecule has 1 aromatic heterocycles. The summed E-state index contributed by atoms with van der Waals surface area (Å²) in [5.74, 6) is 0. The molecular formula is C24H22N4S. The zero-order chi connectivity index (χ0) is 20.4. The molecule has 0 atom stereocenters. The predicted octanol–water partition coefficient (Wildman–Crippen LogP) is 7.06. The van der Waals surface area contributed by atoms with Gasteiger partial charge in [0.05, 0.1) is 17.6 Å². The summed E-state index contributed by atoms with van der Waals surface area (Å²) in [5, 5.41) is 10.6. The minimum Gasteiger partial charge on any atom is -0.396 e. The lowest BCUT2D eigenvalue weighted by Crippen LogP contribution is -2.00. The summed E-state index contributed by atoms with van der Waals surface area (Å²) in [4.78, 5) is 5.36. The number of fused-ring (bicyclic) bond motifs is 1. The van der Waals surface area contributed by atoms with E-state index in [2.05, 4.69) is 72.1 Å². The van der Waals surface area contributed by atoms with Gasteiger partial charge in [-0.2, -0.15) is 0 Å². The molecule has 1 aliphatic carbocycles. The Morgan fingerprint density at radius 2 is 1.79 bits per heavy atom. The second-order valence-corrected chi connectivity index (χ2v) is 8.09. The fourth-order valence-corrected chi connectivity index (χ4v) is 3.48. The van der Waals surface area contributed by atoms with Crippen molar-refractivity contribution in [2.45, 2.75) is 18.7 Å². The second-order valence-electron chi connectivity index (χ2n) is 7.61. The summed E-state index contributed by atoms with van der Waals surface area (Å²) in [6, 6.07) is 13.5. The van der Waals surface area contributed by atoms with Crippen molar-refractivity contribution < 1.29 is 0 Å². The summed E-state index contributed by atoms with van der Waals surface area (Å²) in [7, 11) is 0. The Labute approximate surface area is 176 Å². The van der Waals surface area contributed by atoms with Gasteiger partial charge in [-0.3, -0.25) is 4.98 Å². The molecule has 0 radical (unpaired) electrons. The van der Waals surface area contributed by atoms with Gasteiger partial charge in [-0.25, -0.2) is 0 Å². The quantitative estimate of drug-likeness (QED) is 0.282. The lowest BCUT2D eigenvalue weighted by atomic mass is 9.93. The number of azo groups is 1. The smallest absolute Gasteiger partial charge is 0.110 e. The van der Waals surface area contributed by atoms with Gasteiger partial charge in [0.2, 0.25) is 0 Å². The lowest BCUT2D eigenvalue weighted by Gasteiger charge is -2.12. The standard InChI is InChI=1S/C24H22N4S/c1-24(2)12-5-6-16(11-13-24)20-10-9-17(15-26-20)27-28-21-14-22(29)18-7-3-4-8-19(18)23(21)25/h3-15,29H,25H2,1-2H3/b28-27+. The van der Waals surface area contributed by atoms with Crippen LogP contribution in [0.4, 0.5) is 17.1 Å². The third-order valence-corrected chi connectivity index (χ3v) is 5.22. The van der Waals surface area contributed by atoms with Gasteiger partial charge in [-0.15, -0.1) is 22.9 Å². The van der Waals surface area contributed by atoms with Crippen LogP contribution in [0.2, 0.25) is 0 Å². The van der Waals surface area contributed by atoms with Gasteiger partial charge < -0.3 is 5.73 Å². The highest BCUT2D eigenvalue weighted by Gasteiger charge is 2.12.